The maximum atomic E-state index is 14.8. The summed E-state index contributed by atoms with van der Waals surface area (Å²) < 4.78 is 14.8. The normalized spacial score (nSPS) is 12.6. The van der Waals surface area contributed by atoms with E-state index < -0.39 is 6.04 Å². The Hall–Kier alpha value is -3.99. The zero-order chi connectivity index (χ0) is 26.9. The van der Waals surface area contributed by atoms with Crippen LogP contribution in [0.1, 0.15) is 43.4 Å². The summed E-state index contributed by atoms with van der Waals surface area (Å²) in [6.45, 7) is 3.97. The van der Waals surface area contributed by atoms with Gasteiger partial charge in [-0.25, -0.2) is 4.39 Å². The molecule has 2 amide bonds. The van der Waals surface area contributed by atoms with Crippen molar-refractivity contribution in [1.82, 2.24) is 10.2 Å². The average molecular weight is 511 g/mol. The fourth-order valence-electron chi connectivity index (χ4n) is 4.70. The number of fused-ring (bicyclic) bond motifs is 1. The van der Waals surface area contributed by atoms with Crippen LogP contribution in [0, 0.1) is 5.82 Å². The van der Waals surface area contributed by atoms with Gasteiger partial charge in [-0.15, -0.1) is 0 Å². The summed E-state index contributed by atoms with van der Waals surface area (Å²) in [4.78, 5) is 29.0. The number of benzene rings is 4. The highest BCUT2D eigenvalue weighted by atomic mass is 19.1. The van der Waals surface area contributed by atoms with Crippen molar-refractivity contribution in [2.24, 2.45) is 0 Å². The molecule has 0 radical (unpaired) electrons. The number of hydrogen-bond acceptors (Lipinski definition) is 2. The van der Waals surface area contributed by atoms with Crippen molar-refractivity contribution in [3.05, 3.63) is 120 Å². The number of halogens is 1. The van der Waals surface area contributed by atoms with E-state index in [4.69, 9.17) is 0 Å². The number of carbonyl (C=O) groups excluding carboxylic acids is 2. The van der Waals surface area contributed by atoms with Crippen LogP contribution >= 0.6 is 0 Å². The number of carbonyl (C=O) groups is 2. The minimum Gasteiger partial charge on any atom is -0.352 e. The molecule has 4 aromatic rings. The summed E-state index contributed by atoms with van der Waals surface area (Å²) in [6.07, 6.45) is 1.85. The molecule has 0 aliphatic heterocycles. The SMILES string of the molecule is CC[C@@H](C)NC(=O)[C@H](Cc1ccccc1)N(Cc1ccccc1F)C(=O)CCc1cccc2ccccc12. The third kappa shape index (κ3) is 6.86. The molecule has 4 rings (SSSR count). The maximum Gasteiger partial charge on any atom is 0.243 e. The van der Waals surface area contributed by atoms with Crippen molar-refractivity contribution in [1.29, 1.82) is 0 Å². The summed E-state index contributed by atoms with van der Waals surface area (Å²) in [5.41, 5.74) is 2.41. The van der Waals surface area contributed by atoms with Gasteiger partial charge in [-0.2, -0.15) is 0 Å². The van der Waals surface area contributed by atoms with Crippen LogP contribution in [0.5, 0.6) is 0 Å². The van der Waals surface area contributed by atoms with Crippen LogP contribution < -0.4 is 5.32 Å². The van der Waals surface area contributed by atoms with Gasteiger partial charge in [0.2, 0.25) is 11.8 Å². The highest BCUT2D eigenvalue weighted by Crippen LogP contribution is 2.22. The van der Waals surface area contributed by atoms with E-state index in [-0.39, 0.29) is 36.6 Å². The molecular formula is C33H35FN2O2. The molecule has 38 heavy (non-hydrogen) atoms. The van der Waals surface area contributed by atoms with Gasteiger partial charge in [0.05, 0.1) is 0 Å². The smallest absolute Gasteiger partial charge is 0.243 e. The second-order valence-electron chi connectivity index (χ2n) is 9.77. The Kier molecular flexibility index (Phi) is 9.26. The van der Waals surface area contributed by atoms with Crippen LogP contribution in [-0.2, 0) is 29.0 Å². The molecule has 0 unspecified atom stereocenters. The summed E-state index contributed by atoms with van der Waals surface area (Å²) in [5.74, 6) is -0.792. The highest BCUT2D eigenvalue weighted by molar-refractivity contribution is 5.89. The summed E-state index contributed by atoms with van der Waals surface area (Å²) >= 11 is 0. The first kappa shape index (κ1) is 27.1. The quantitative estimate of drug-likeness (QED) is 0.252. The number of hydrogen-bond donors (Lipinski definition) is 1. The fraction of sp³-hybridized carbons (Fsp3) is 0.273. The van der Waals surface area contributed by atoms with Gasteiger partial charge in [0.15, 0.2) is 0 Å². The molecule has 0 saturated heterocycles. The van der Waals surface area contributed by atoms with Crippen LogP contribution in [0.4, 0.5) is 4.39 Å². The van der Waals surface area contributed by atoms with Gasteiger partial charge in [-0.3, -0.25) is 9.59 Å². The number of rotatable bonds is 11. The van der Waals surface area contributed by atoms with Gasteiger partial charge in [0, 0.05) is 31.0 Å². The monoisotopic (exact) mass is 510 g/mol. The van der Waals surface area contributed by atoms with Crippen LogP contribution in [0.15, 0.2) is 97.1 Å². The molecule has 0 aliphatic rings. The Bertz CT molecular complexity index is 1370. The molecule has 4 aromatic carbocycles. The average Bonchev–Trinajstić information content (AvgIpc) is 2.94. The predicted octanol–water partition coefficient (Wildman–Crippen LogP) is 6.47. The van der Waals surface area contributed by atoms with E-state index >= 15 is 0 Å². The third-order valence-electron chi connectivity index (χ3n) is 7.06. The molecule has 0 spiro atoms. The molecule has 5 heteroatoms. The van der Waals surface area contributed by atoms with E-state index in [1.807, 2.05) is 68.4 Å². The lowest BCUT2D eigenvalue weighted by Crippen LogP contribution is -2.52. The maximum absolute atomic E-state index is 14.8. The fourth-order valence-corrected chi connectivity index (χ4v) is 4.70. The highest BCUT2D eigenvalue weighted by Gasteiger charge is 2.31. The van der Waals surface area contributed by atoms with Gasteiger partial charge in [-0.05, 0) is 47.7 Å². The minimum atomic E-state index is -0.772. The largest absolute Gasteiger partial charge is 0.352 e. The zero-order valence-corrected chi connectivity index (χ0v) is 22.1. The molecule has 0 saturated carbocycles. The van der Waals surface area contributed by atoms with Crippen LogP contribution in [-0.4, -0.2) is 28.8 Å². The standard InChI is InChI=1S/C33H35FN2O2/c1-3-24(2)35-33(38)31(22-25-12-5-4-6-13-25)36(23-28-15-8-10-19-30(28)34)32(37)21-20-27-17-11-16-26-14-7-9-18-29(26)27/h4-19,24,31H,3,20-23H2,1-2H3,(H,35,38)/t24-,31+/m1/s1. The Morgan fingerprint density at radius 1 is 0.842 bits per heavy atom. The van der Waals surface area contributed by atoms with Crippen LogP contribution in [0.25, 0.3) is 10.8 Å². The lowest BCUT2D eigenvalue weighted by molar-refractivity contribution is -0.141. The predicted molar refractivity (Wildman–Crippen MR) is 151 cm³/mol. The molecule has 2 atom stereocenters. The van der Waals surface area contributed by atoms with E-state index in [9.17, 15) is 14.0 Å². The van der Waals surface area contributed by atoms with Crippen molar-refractivity contribution in [3.63, 3.8) is 0 Å². The van der Waals surface area contributed by atoms with E-state index in [2.05, 4.69) is 23.5 Å². The van der Waals surface area contributed by atoms with E-state index in [0.717, 1.165) is 28.3 Å². The molecule has 0 heterocycles. The van der Waals surface area contributed by atoms with Gasteiger partial charge < -0.3 is 10.2 Å². The first-order chi connectivity index (χ1) is 18.5. The molecular weight excluding hydrogens is 475 g/mol. The van der Waals surface area contributed by atoms with Gasteiger partial charge in [0.25, 0.3) is 0 Å². The van der Waals surface area contributed by atoms with Gasteiger partial charge in [0.1, 0.15) is 11.9 Å². The first-order valence-corrected chi connectivity index (χ1v) is 13.3. The molecule has 0 aliphatic carbocycles. The number of aryl methyl sites for hydroxylation is 1. The van der Waals surface area contributed by atoms with E-state index in [1.165, 1.54) is 6.07 Å². The Balaban J connectivity index is 1.66. The molecule has 1 N–H and O–H groups in total. The lowest BCUT2D eigenvalue weighted by atomic mass is 9.99. The summed E-state index contributed by atoms with van der Waals surface area (Å²) in [6, 6.07) is 29.5. The lowest BCUT2D eigenvalue weighted by Gasteiger charge is -2.32. The first-order valence-electron chi connectivity index (χ1n) is 13.3. The number of amides is 2. The van der Waals surface area contributed by atoms with Gasteiger partial charge >= 0.3 is 0 Å². The Morgan fingerprint density at radius 3 is 2.26 bits per heavy atom. The van der Waals surface area contributed by atoms with Gasteiger partial charge in [-0.1, -0.05) is 97.9 Å². The van der Waals surface area contributed by atoms with E-state index in [0.29, 0.717) is 18.4 Å². The second kappa shape index (κ2) is 13.0. The van der Waals surface area contributed by atoms with Crippen LogP contribution in [0.3, 0.4) is 0 Å². The number of nitrogens with one attached hydrogen (secondary N) is 1. The zero-order valence-electron chi connectivity index (χ0n) is 22.1. The van der Waals surface area contributed by atoms with Crippen LogP contribution in [0.2, 0.25) is 0 Å². The third-order valence-corrected chi connectivity index (χ3v) is 7.06. The molecule has 0 bridgehead atoms. The van der Waals surface area contributed by atoms with E-state index in [1.54, 1.807) is 23.1 Å². The van der Waals surface area contributed by atoms with Crippen molar-refractivity contribution in [2.75, 3.05) is 0 Å². The molecule has 196 valence electrons. The summed E-state index contributed by atoms with van der Waals surface area (Å²) in [7, 11) is 0. The molecule has 0 fully saturated rings. The van der Waals surface area contributed by atoms with Crippen molar-refractivity contribution in [3.8, 4) is 0 Å². The molecule has 0 aromatic heterocycles. The number of nitrogens with zero attached hydrogens (tertiary/aromatic N) is 1. The van der Waals surface area contributed by atoms with Crippen molar-refractivity contribution < 1.29 is 14.0 Å². The van der Waals surface area contributed by atoms with Crippen molar-refractivity contribution >= 4 is 22.6 Å². The summed E-state index contributed by atoms with van der Waals surface area (Å²) in [5, 5.41) is 5.29. The Morgan fingerprint density at radius 2 is 1.50 bits per heavy atom. The topological polar surface area (TPSA) is 49.4 Å². The van der Waals surface area contributed by atoms with Crippen molar-refractivity contribution in [2.45, 2.75) is 58.2 Å². The Labute approximate surface area is 224 Å². The molecule has 4 nitrogen and oxygen atoms in total. The second-order valence-corrected chi connectivity index (χ2v) is 9.77. The minimum absolute atomic E-state index is 0.0203.